The number of aliphatic carboxylic acids is 1. The van der Waals surface area contributed by atoms with Crippen molar-refractivity contribution in [2.45, 2.75) is 39.2 Å². The second-order valence-electron chi connectivity index (χ2n) is 6.39. The highest BCUT2D eigenvalue weighted by Crippen LogP contribution is 2.42. The zero-order valence-corrected chi connectivity index (χ0v) is 12.5. The van der Waals surface area contributed by atoms with Gasteiger partial charge in [-0.15, -0.1) is 0 Å². The zero-order chi connectivity index (χ0) is 15.1. The van der Waals surface area contributed by atoms with E-state index in [0.717, 1.165) is 30.4 Å². The lowest BCUT2D eigenvalue weighted by molar-refractivity contribution is -0.142. The summed E-state index contributed by atoms with van der Waals surface area (Å²) in [6.07, 6.45) is 3.06. The van der Waals surface area contributed by atoms with Crippen molar-refractivity contribution in [1.29, 1.82) is 0 Å². The van der Waals surface area contributed by atoms with Gasteiger partial charge in [-0.05, 0) is 61.8 Å². The molecule has 2 fully saturated rings. The molecule has 112 valence electrons. The number of hydrogen-bond donors (Lipinski definition) is 1. The monoisotopic (exact) mass is 287 g/mol. The van der Waals surface area contributed by atoms with Gasteiger partial charge in [-0.1, -0.05) is 12.5 Å². The summed E-state index contributed by atoms with van der Waals surface area (Å²) >= 11 is 0. The second-order valence-corrected chi connectivity index (χ2v) is 6.39. The number of nitrogens with zero attached hydrogens (tertiary/aromatic N) is 1. The Morgan fingerprint density at radius 1 is 1.19 bits per heavy atom. The van der Waals surface area contributed by atoms with Crippen LogP contribution in [0.2, 0.25) is 0 Å². The van der Waals surface area contributed by atoms with Gasteiger partial charge < -0.3 is 10.0 Å². The van der Waals surface area contributed by atoms with Crippen LogP contribution in [0.5, 0.6) is 0 Å². The maximum Gasteiger partial charge on any atom is 0.326 e. The molecule has 1 saturated carbocycles. The molecule has 2 aliphatic rings. The molecule has 0 aromatic heterocycles. The van der Waals surface area contributed by atoms with Crippen molar-refractivity contribution in [3.63, 3.8) is 0 Å². The Kier molecular flexibility index (Phi) is 3.47. The number of carboxylic acid groups (broad SMARTS) is 1. The van der Waals surface area contributed by atoms with E-state index < -0.39 is 12.0 Å². The van der Waals surface area contributed by atoms with Crippen LogP contribution in [0.3, 0.4) is 0 Å². The first-order valence-electron chi connectivity index (χ1n) is 7.60. The zero-order valence-electron chi connectivity index (χ0n) is 12.5. The summed E-state index contributed by atoms with van der Waals surface area (Å²) in [7, 11) is 0. The second kappa shape index (κ2) is 5.17. The van der Waals surface area contributed by atoms with Crippen molar-refractivity contribution in [1.82, 2.24) is 4.90 Å². The first kappa shape index (κ1) is 14.1. The third kappa shape index (κ3) is 2.33. The molecule has 1 amide bonds. The predicted molar refractivity (Wildman–Crippen MR) is 79.2 cm³/mol. The van der Waals surface area contributed by atoms with E-state index in [1.54, 1.807) is 11.0 Å². The Bertz CT molecular complexity index is 596. The molecule has 0 radical (unpaired) electrons. The smallest absolute Gasteiger partial charge is 0.326 e. The van der Waals surface area contributed by atoms with Crippen molar-refractivity contribution in [2.24, 2.45) is 11.8 Å². The highest BCUT2D eigenvalue weighted by atomic mass is 16.4. The Hall–Kier alpha value is -1.84. The van der Waals surface area contributed by atoms with Crippen LogP contribution in [0.25, 0.3) is 0 Å². The molecule has 1 heterocycles. The molecule has 4 heteroatoms. The van der Waals surface area contributed by atoms with Crippen LogP contribution in [0.15, 0.2) is 18.2 Å². The Balaban J connectivity index is 1.89. The van der Waals surface area contributed by atoms with E-state index in [1.807, 2.05) is 26.0 Å². The largest absolute Gasteiger partial charge is 0.480 e. The van der Waals surface area contributed by atoms with Gasteiger partial charge in [0.1, 0.15) is 6.04 Å². The highest BCUT2D eigenvalue weighted by molar-refractivity contribution is 5.97. The molecule has 1 N–H and O–H groups in total. The quantitative estimate of drug-likeness (QED) is 0.909. The van der Waals surface area contributed by atoms with Crippen LogP contribution >= 0.6 is 0 Å². The van der Waals surface area contributed by atoms with E-state index in [4.69, 9.17) is 0 Å². The first-order valence-corrected chi connectivity index (χ1v) is 7.60. The van der Waals surface area contributed by atoms with Crippen molar-refractivity contribution >= 4 is 11.9 Å². The Morgan fingerprint density at radius 2 is 1.95 bits per heavy atom. The number of fused-ring (bicyclic) bond motifs is 1. The van der Waals surface area contributed by atoms with Crippen LogP contribution in [-0.2, 0) is 4.79 Å². The van der Waals surface area contributed by atoms with E-state index in [9.17, 15) is 14.7 Å². The molecule has 0 spiro atoms. The normalized spacial score (nSPS) is 27.7. The number of likely N-dealkylation sites (tertiary alicyclic amines) is 1. The summed E-state index contributed by atoms with van der Waals surface area (Å²) in [5, 5.41) is 9.53. The molecule has 1 saturated heterocycles. The van der Waals surface area contributed by atoms with Crippen LogP contribution in [0.1, 0.15) is 40.7 Å². The van der Waals surface area contributed by atoms with Gasteiger partial charge >= 0.3 is 5.97 Å². The third-order valence-electron chi connectivity index (χ3n) is 5.16. The highest BCUT2D eigenvalue weighted by Gasteiger charge is 2.49. The minimum Gasteiger partial charge on any atom is -0.480 e. The molecule has 3 atom stereocenters. The maximum absolute atomic E-state index is 12.7. The summed E-state index contributed by atoms with van der Waals surface area (Å²) in [6, 6.07) is 4.95. The molecule has 1 aromatic carbocycles. The fourth-order valence-electron chi connectivity index (χ4n) is 3.87. The average Bonchev–Trinajstić information content (AvgIpc) is 3.00. The molecule has 3 rings (SSSR count). The molecule has 1 aliphatic heterocycles. The van der Waals surface area contributed by atoms with Crippen molar-refractivity contribution in [3.05, 3.63) is 34.9 Å². The van der Waals surface area contributed by atoms with Crippen molar-refractivity contribution in [3.8, 4) is 0 Å². The fraction of sp³-hybridized carbons (Fsp3) is 0.529. The topological polar surface area (TPSA) is 57.6 Å². The SMILES string of the molecule is Cc1ccc(C(=O)N2CC3CCCC3C2C(=O)O)cc1C. The van der Waals surface area contributed by atoms with E-state index in [2.05, 4.69) is 0 Å². The number of aryl methyl sites for hydroxylation is 2. The number of carboxylic acids is 1. The first-order chi connectivity index (χ1) is 9.99. The van der Waals surface area contributed by atoms with Gasteiger partial charge in [0.05, 0.1) is 0 Å². The molecule has 1 aromatic rings. The van der Waals surface area contributed by atoms with Crippen molar-refractivity contribution < 1.29 is 14.7 Å². The predicted octanol–water partition coefficient (Wildman–Crippen LogP) is 2.63. The number of amides is 1. The number of carbonyl (C=O) groups excluding carboxylic acids is 1. The van der Waals surface area contributed by atoms with Gasteiger partial charge in [0.15, 0.2) is 0 Å². The molecule has 1 aliphatic carbocycles. The van der Waals surface area contributed by atoms with Gasteiger partial charge in [0.25, 0.3) is 5.91 Å². The van der Waals surface area contributed by atoms with Gasteiger partial charge in [-0.25, -0.2) is 4.79 Å². The number of benzene rings is 1. The number of carbonyl (C=O) groups is 2. The van der Waals surface area contributed by atoms with Gasteiger partial charge in [0, 0.05) is 12.1 Å². The average molecular weight is 287 g/mol. The fourth-order valence-corrected chi connectivity index (χ4v) is 3.87. The minimum atomic E-state index is -0.860. The maximum atomic E-state index is 12.7. The summed E-state index contributed by atoms with van der Waals surface area (Å²) in [6.45, 7) is 4.57. The lowest BCUT2D eigenvalue weighted by Crippen LogP contribution is -2.43. The molecule has 21 heavy (non-hydrogen) atoms. The standard InChI is InChI=1S/C17H21NO3/c1-10-6-7-12(8-11(10)2)16(19)18-9-13-4-3-5-14(13)15(18)17(20)21/h6-8,13-15H,3-5,9H2,1-2H3,(H,20,21). The van der Waals surface area contributed by atoms with Gasteiger partial charge in [-0.2, -0.15) is 0 Å². The summed E-state index contributed by atoms with van der Waals surface area (Å²) in [5.74, 6) is -0.499. The molecule has 3 unspecified atom stereocenters. The van der Waals surface area contributed by atoms with Crippen molar-refractivity contribution in [2.75, 3.05) is 6.54 Å². The Morgan fingerprint density at radius 3 is 2.62 bits per heavy atom. The summed E-state index contributed by atoms with van der Waals surface area (Å²) in [4.78, 5) is 25.9. The summed E-state index contributed by atoms with van der Waals surface area (Å²) < 4.78 is 0. The summed E-state index contributed by atoms with van der Waals surface area (Å²) in [5.41, 5.74) is 2.80. The van der Waals surface area contributed by atoms with E-state index >= 15 is 0 Å². The van der Waals surface area contributed by atoms with E-state index in [-0.39, 0.29) is 11.8 Å². The van der Waals surface area contributed by atoms with E-state index in [0.29, 0.717) is 18.0 Å². The van der Waals surface area contributed by atoms with Crippen LogP contribution < -0.4 is 0 Å². The number of hydrogen-bond acceptors (Lipinski definition) is 2. The lowest BCUT2D eigenvalue weighted by atomic mass is 9.94. The molecular weight excluding hydrogens is 266 g/mol. The minimum absolute atomic E-state index is 0.137. The van der Waals surface area contributed by atoms with Crippen LogP contribution in [-0.4, -0.2) is 34.5 Å². The van der Waals surface area contributed by atoms with Gasteiger partial charge in [0.2, 0.25) is 0 Å². The van der Waals surface area contributed by atoms with Crippen LogP contribution in [0, 0.1) is 25.7 Å². The third-order valence-corrected chi connectivity index (χ3v) is 5.16. The molecular formula is C17H21NO3. The van der Waals surface area contributed by atoms with Gasteiger partial charge in [-0.3, -0.25) is 4.79 Å². The molecule has 4 nitrogen and oxygen atoms in total. The lowest BCUT2D eigenvalue weighted by Gasteiger charge is -2.24. The number of rotatable bonds is 2. The van der Waals surface area contributed by atoms with Crippen LogP contribution in [0.4, 0.5) is 0 Å². The molecule has 0 bridgehead atoms. The van der Waals surface area contributed by atoms with E-state index in [1.165, 1.54) is 0 Å². The Labute approximate surface area is 124 Å².